The Labute approximate surface area is 181 Å². The number of alkyl halides is 3. The summed E-state index contributed by atoms with van der Waals surface area (Å²) in [7, 11) is 0. The SMILES string of the molecule is NC(=S)n1nc(C(F)(F)F)c(N=Nc2nc3c(Cl)cccc3s2)c1-c1ccccc1. The fourth-order valence-electron chi connectivity index (χ4n) is 2.75. The summed E-state index contributed by atoms with van der Waals surface area (Å²) in [5, 5.41) is 11.5. The van der Waals surface area contributed by atoms with Gasteiger partial charge in [0.25, 0.3) is 0 Å². The number of rotatable bonds is 3. The lowest BCUT2D eigenvalue weighted by atomic mass is 10.1. The molecule has 4 rings (SSSR count). The van der Waals surface area contributed by atoms with Gasteiger partial charge in [0, 0.05) is 5.56 Å². The van der Waals surface area contributed by atoms with Crippen molar-refractivity contribution < 1.29 is 13.2 Å². The largest absolute Gasteiger partial charge is 0.437 e. The average Bonchev–Trinajstić information content (AvgIpc) is 3.29. The summed E-state index contributed by atoms with van der Waals surface area (Å²) in [6.45, 7) is 0. The maximum atomic E-state index is 13.7. The fraction of sp³-hybridized carbons (Fsp3) is 0.0556. The summed E-state index contributed by atoms with van der Waals surface area (Å²) in [5.74, 6) is 0. The number of para-hydroxylation sites is 1. The lowest BCUT2D eigenvalue weighted by molar-refractivity contribution is -0.140. The standard InChI is InChI=1S/C18H10ClF3N6S2/c19-10-7-4-8-11-12(10)24-17(30-11)26-25-13-14(9-5-2-1-3-6-9)28(16(23)29)27-15(13)18(20,21)22/h1-8H,(H2,23,29). The van der Waals surface area contributed by atoms with Gasteiger partial charge in [0.2, 0.25) is 5.13 Å². The molecule has 0 radical (unpaired) electrons. The minimum atomic E-state index is -4.80. The molecule has 4 aromatic rings. The second-order valence-electron chi connectivity index (χ2n) is 5.94. The summed E-state index contributed by atoms with van der Waals surface area (Å²) in [6.07, 6.45) is -4.80. The first kappa shape index (κ1) is 20.4. The Kier molecular flexibility index (Phi) is 5.26. The lowest BCUT2D eigenvalue weighted by Crippen LogP contribution is -2.22. The molecule has 30 heavy (non-hydrogen) atoms. The molecule has 12 heteroatoms. The minimum absolute atomic E-state index is 0.0154. The zero-order valence-electron chi connectivity index (χ0n) is 14.8. The molecule has 0 fully saturated rings. The number of aromatic nitrogens is 3. The van der Waals surface area contributed by atoms with Gasteiger partial charge in [-0.25, -0.2) is 9.67 Å². The Morgan fingerprint density at radius 3 is 2.47 bits per heavy atom. The van der Waals surface area contributed by atoms with Gasteiger partial charge in [0.1, 0.15) is 16.9 Å². The van der Waals surface area contributed by atoms with Crippen molar-refractivity contribution in [1.29, 1.82) is 0 Å². The normalized spacial score (nSPS) is 12.1. The average molecular weight is 467 g/mol. The molecule has 0 aliphatic carbocycles. The highest BCUT2D eigenvalue weighted by molar-refractivity contribution is 7.80. The fourth-order valence-corrected chi connectivity index (χ4v) is 3.97. The van der Waals surface area contributed by atoms with Crippen molar-refractivity contribution in [3.8, 4) is 11.3 Å². The van der Waals surface area contributed by atoms with E-state index >= 15 is 0 Å². The predicted octanol–water partition coefficient (Wildman–Crippen LogP) is 6.34. The third kappa shape index (κ3) is 3.78. The van der Waals surface area contributed by atoms with E-state index in [1.165, 1.54) is 0 Å². The van der Waals surface area contributed by atoms with Crippen LogP contribution in [0.15, 0.2) is 58.8 Å². The predicted molar refractivity (Wildman–Crippen MR) is 114 cm³/mol. The smallest absolute Gasteiger partial charge is 0.374 e. The number of nitrogens with two attached hydrogens (primary N) is 1. The van der Waals surface area contributed by atoms with Gasteiger partial charge in [0.15, 0.2) is 10.8 Å². The molecular weight excluding hydrogens is 457 g/mol. The van der Waals surface area contributed by atoms with E-state index in [9.17, 15) is 13.2 Å². The van der Waals surface area contributed by atoms with Gasteiger partial charge in [-0.2, -0.15) is 18.3 Å². The van der Waals surface area contributed by atoms with Crippen molar-refractivity contribution in [3.05, 3.63) is 59.2 Å². The van der Waals surface area contributed by atoms with Crippen LogP contribution < -0.4 is 5.73 Å². The van der Waals surface area contributed by atoms with Crippen LogP contribution in [0.25, 0.3) is 21.5 Å². The van der Waals surface area contributed by atoms with Crippen molar-refractivity contribution in [2.24, 2.45) is 16.0 Å². The maximum absolute atomic E-state index is 13.7. The van der Waals surface area contributed by atoms with Gasteiger partial charge in [-0.1, -0.05) is 59.3 Å². The van der Waals surface area contributed by atoms with Crippen LogP contribution in [0.4, 0.5) is 24.0 Å². The molecule has 0 atom stereocenters. The summed E-state index contributed by atoms with van der Waals surface area (Å²) in [4.78, 5) is 4.23. The summed E-state index contributed by atoms with van der Waals surface area (Å²) in [5.41, 5.74) is 4.74. The Morgan fingerprint density at radius 1 is 1.10 bits per heavy atom. The van der Waals surface area contributed by atoms with Gasteiger partial charge in [-0.3, -0.25) is 0 Å². The second-order valence-corrected chi connectivity index (χ2v) is 7.78. The topological polar surface area (TPSA) is 81.5 Å². The zero-order chi connectivity index (χ0) is 21.5. The van der Waals surface area contributed by atoms with E-state index in [0.29, 0.717) is 16.1 Å². The van der Waals surface area contributed by atoms with Crippen LogP contribution in [0.1, 0.15) is 5.69 Å². The number of nitrogens with zero attached hydrogens (tertiary/aromatic N) is 5. The molecule has 0 aliphatic rings. The van der Waals surface area contributed by atoms with Crippen LogP contribution in [0.2, 0.25) is 5.02 Å². The van der Waals surface area contributed by atoms with Crippen LogP contribution in [0.3, 0.4) is 0 Å². The summed E-state index contributed by atoms with van der Waals surface area (Å²) in [6, 6.07) is 13.4. The van der Waals surface area contributed by atoms with Gasteiger partial charge < -0.3 is 5.73 Å². The van der Waals surface area contributed by atoms with Gasteiger partial charge in [-0.05, 0) is 24.4 Å². The van der Waals surface area contributed by atoms with Crippen LogP contribution >= 0.6 is 35.2 Å². The van der Waals surface area contributed by atoms with Crippen molar-refractivity contribution in [2.45, 2.75) is 6.18 Å². The first-order valence-corrected chi connectivity index (χ1v) is 9.88. The molecular formula is C18H10ClF3N6S2. The van der Waals surface area contributed by atoms with Crippen LogP contribution in [0, 0.1) is 0 Å². The van der Waals surface area contributed by atoms with E-state index in [1.807, 2.05) is 0 Å². The quantitative estimate of drug-likeness (QED) is 0.282. The number of thiocarbonyl (C=S) groups is 1. The van der Waals surface area contributed by atoms with Crippen molar-refractivity contribution in [2.75, 3.05) is 0 Å². The number of azo groups is 1. The first-order chi connectivity index (χ1) is 14.3. The number of thiazole rings is 1. The van der Waals surface area contributed by atoms with E-state index < -0.39 is 17.6 Å². The second kappa shape index (κ2) is 7.74. The van der Waals surface area contributed by atoms with E-state index in [0.717, 1.165) is 20.7 Å². The zero-order valence-corrected chi connectivity index (χ0v) is 17.1. The minimum Gasteiger partial charge on any atom is -0.374 e. The van der Waals surface area contributed by atoms with Gasteiger partial charge in [0.05, 0.1) is 9.72 Å². The van der Waals surface area contributed by atoms with E-state index in [4.69, 9.17) is 29.6 Å². The molecule has 2 aromatic heterocycles. The molecule has 0 amide bonds. The Balaban J connectivity index is 1.91. The molecule has 0 saturated carbocycles. The Bertz CT molecular complexity index is 1280. The molecule has 0 bridgehead atoms. The number of halogens is 4. The van der Waals surface area contributed by atoms with Crippen LogP contribution in [0.5, 0.6) is 0 Å². The number of fused-ring (bicyclic) bond motifs is 1. The number of benzene rings is 2. The van der Waals surface area contributed by atoms with Crippen LogP contribution in [-0.4, -0.2) is 19.9 Å². The monoisotopic (exact) mass is 466 g/mol. The Hall–Kier alpha value is -2.89. The molecule has 0 spiro atoms. The third-order valence-electron chi connectivity index (χ3n) is 3.98. The summed E-state index contributed by atoms with van der Waals surface area (Å²) >= 11 is 12.1. The first-order valence-electron chi connectivity index (χ1n) is 8.28. The molecule has 2 aromatic carbocycles. The molecule has 6 nitrogen and oxygen atoms in total. The van der Waals surface area contributed by atoms with E-state index in [-0.39, 0.29) is 15.9 Å². The Morgan fingerprint density at radius 2 is 1.83 bits per heavy atom. The molecule has 0 saturated heterocycles. The summed E-state index contributed by atoms with van der Waals surface area (Å²) < 4.78 is 42.6. The molecule has 2 heterocycles. The van der Waals surface area contributed by atoms with Gasteiger partial charge >= 0.3 is 6.18 Å². The number of hydrogen-bond acceptors (Lipinski definition) is 6. The highest BCUT2D eigenvalue weighted by Gasteiger charge is 2.40. The molecule has 152 valence electrons. The van der Waals surface area contributed by atoms with Crippen LogP contribution in [-0.2, 0) is 6.18 Å². The number of hydrogen-bond donors (Lipinski definition) is 1. The van der Waals surface area contributed by atoms with Gasteiger partial charge in [-0.15, -0.1) is 10.2 Å². The molecule has 0 unspecified atom stereocenters. The van der Waals surface area contributed by atoms with Crippen molar-refractivity contribution in [3.63, 3.8) is 0 Å². The lowest BCUT2D eigenvalue weighted by Gasteiger charge is -2.05. The van der Waals surface area contributed by atoms with E-state index in [2.05, 4.69) is 20.3 Å². The van der Waals surface area contributed by atoms with Crippen molar-refractivity contribution >= 4 is 61.3 Å². The maximum Gasteiger partial charge on any atom is 0.437 e. The van der Waals surface area contributed by atoms with Crippen molar-refractivity contribution in [1.82, 2.24) is 14.8 Å². The highest BCUT2D eigenvalue weighted by Crippen LogP contribution is 2.43. The third-order valence-corrected chi connectivity index (χ3v) is 5.36. The highest BCUT2D eigenvalue weighted by atomic mass is 35.5. The molecule has 0 aliphatic heterocycles. The molecule has 2 N–H and O–H groups in total. The van der Waals surface area contributed by atoms with E-state index in [1.54, 1.807) is 48.5 Å².